The van der Waals surface area contributed by atoms with E-state index >= 15 is 0 Å². The zero-order chi connectivity index (χ0) is 21.3. The first-order valence-electron chi connectivity index (χ1n) is 12.0. The molecule has 30 heavy (non-hydrogen) atoms. The Labute approximate surface area is 186 Å². The van der Waals surface area contributed by atoms with Crippen molar-refractivity contribution >= 4 is 29.1 Å². The monoisotopic (exact) mass is 434 g/mol. The molecule has 5 saturated carbocycles. The molecule has 4 N–H and O–H groups in total. The highest BCUT2D eigenvalue weighted by molar-refractivity contribution is 7.80. The number of carbonyl (C=O) groups is 2. The van der Waals surface area contributed by atoms with Crippen LogP contribution in [0.5, 0.6) is 0 Å². The van der Waals surface area contributed by atoms with Crippen LogP contribution in [0.15, 0.2) is 0 Å². The fourth-order valence-corrected chi connectivity index (χ4v) is 7.25. The van der Waals surface area contributed by atoms with Crippen molar-refractivity contribution in [2.45, 2.75) is 84.1 Å². The molecule has 2 amide bonds. The molecule has 6 nitrogen and oxygen atoms in total. The minimum absolute atomic E-state index is 0.150. The Morgan fingerprint density at radius 2 is 1.60 bits per heavy atom. The Balaban J connectivity index is 1.14. The molecule has 0 radical (unpaired) electrons. The number of hydrogen-bond acceptors (Lipinski definition) is 3. The summed E-state index contributed by atoms with van der Waals surface area (Å²) in [4.78, 5) is 25.1. The molecule has 3 atom stereocenters. The van der Waals surface area contributed by atoms with Crippen molar-refractivity contribution in [3.05, 3.63) is 0 Å². The fourth-order valence-electron chi connectivity index (χ4n) is 7.04. The van der Waals surface area contributed by atoms with E-state index < -0.39 is 0 Å². The number of hydrazine groups is 1. The Hall–Kier alpha value is -1.37. The predicted octanol–water partition coefficient (Wildman–Crippen LogP) is 3.03. The van der Waals surface area contributed by atoms with Crippen LogP contribution in [-0.4, -0.2) is 29.5 Å². The van der Waals surface area contributed by atoms with Gasteiger partial charge in [0.2, 0.25) is 11.8 Å². The summed E-state index contributed by atoms with van der Waals surface area (Å²) in [6.45, 7) is 4.93. The largest absolute Gasteiger partial charge is 0.358 e. The predicted molar refractivity (Wildman–Crippen MR) is 121 cm³/mol. The van der Waals surface area contributed by atoms with E-state index in [9.17, 15) is 9.59 Å². The number of nitrogens with one attached hydrogen (secondary N) is 4. The van der Waals surface area contributed by atoms with Gasteiger partial charge in [0.1, 0.15) is 0 Å². The second-order valence-electron chi connectivity index (χ2n) is 10.7. The van der Waals surface area contributed by atoms with Gasteiger partial charge < -0.3 is 10.6 Å². The van der Waals surface area contributed by atoms with Crippen molar-refractivity contribution in [3.63, 3.8) is 0 Å². The van der Waals surface area contributed by atoms with E-state index in [-0.39, 0.29) is 23.7 Å². The van der Waals surface area contributed by atoms with Gasteiger partial charge in [-0.2, -0.15) is 0 Å². The van der Waals surface area contributed by atoms with E-state index in [0.717, 1.165) is 43.4 Å². The maximum absolute atomic E-state index is 12.9. The van der Waals surface area contributed by atoms with Crippen LogP contribution in [0.2, 0.25) is 0 Å². The average Bonchev–Trinajstić information content (AvgIpc) is 2.69. The number of thiocarbonyl (C=S) groups is 1. The third-order valence-electron chi connectivity index (χ3n) is 8.50. The first-order chi connectivity index (χ1) is 14.3. The summed E-state index contributed by atoms with van der Waals surface area (Å²) in [5.74, 6) is 3.52. The Bertz CT molecular complexity index is 647. The summed E-state index contributed by atoms with van der Waals surface area (Å²) in [5.41, 5.74) is 5.33. The van der Waals surface area contributed by atoms with Gasteiger partial charge in [0.15, 0.2) is 5.11 Å². The van der Waals surface area contributed by atoms with Crippen LogP contribution < -0.4 is 21.5 Å². The molecule has 0 heterocycles. The zero-order valence-electron chi connectivity index (χ0n) is 18.5. The standard InChI is InChI=1S/C23H38N4O2S/c1-14-4-3-5-19(15(14)2)25-22(30)27-26-20(28)6-7-24-21(29)23-11-16-8-17(12-23)10-18(9-16)13-23/h14-19H,3-13H2,1-2H3,(H,24,29)(H,26,28)(H2,25,27,30)/t14-,15-,16?,17?,18?,19-,23?/m1/s1. The van der Waals surface area contributed by atoms with Crippen molar-refractivity contribution in [3.8, 4) is 0 Å². The van der Waals surface area contributed by atoms with Crippen LogP contribution >= 0.6 is 12.2 Å². The Morgan fingerprint density at radius 3 is 2.23 bits per heavy atom. The summed E-state index contributed by atoms with van der Waals surface area (Å²) in [6, 6.07) is 0.352. The summed E-state index contributed by atoms with van der Waals surface area (Å²) >= 11 is 5.34. The molecule has 0 aromatic heterocycles. The van der Waals surface area contributed by atoms with Gasteiger partial charge in [0.05, 0.1) is 0 Å². The lowest BCUT2D eigenvalue weighted by Crippen LogP contribution is -2.54. The molecule has 0 saturated heterocycles. The summed E-state index contributed by atoms with van der Waals surface area (Å²) in [6.07, 6.45) is 11.0. The fraction of sp³-hybridized carbons (Fsp3) is 0.870. The average molecular weight is 435 g/mol. The van der Waals surface area contributed by atoms with Gasteiger partial charge in [-0.05, 0) is 86.8 Å². The van der Waals surface area contributed by atoms with Crippen molar-refractivity contribution < 1.29 is 9.59 Å². The smallest absolute Gasteiger partial charge is 0.240 e. The summed E-state index contributed by atoms with van der Waals surface area (Å²) < 4.78 is 0. The molecule has 0 aromatic carbocycles. The van der Waals surface area contributed by atoms with Crippen LogP contribution in [0.3, 0.4) is 0 Å². The van der Waals surface area contributed by atoms with Gasteiger partial charge in [-0.1, -0.05) is 26.7 Å². The van der Waals surface area contributed by atoms with E-state index in [1.54, 1.807) is 0 Å². The molecule has 5 fully saturated rings. The van der Waals surface area contributed by atoms with Gasteiger partial charge in [0, 0.05) is 24.4 Å². The summed E-state index contributed by atoms with van der Waals surface area (Å²) in [5, 5.41) is 6.86. The van der Waals surface area contributed by atoms with E-state index in [0.29, 0.717) is 29.5 Å². The highest BCUT2D eigenvalue weighted by Gasteiger charge is 2.54. The van der Waals surface area contributed by atoms with Crippen LogP contribution in [0.25, 0.3) is 0 Å². The minimum Gasteiger partial charge on any atom is -0.358 e. The number of amides is 2. The highest BCUT2D eigenvalue weighted by atomic mass is 32.1. The van der Waals surface area contributed by atoms with Gasteiger partial charge >= 0.3 is 0 Å². The molecular formula is C23H38N4O2S. The van der Waals surface area contributed by atoms with E-state index in [1.165, 1.54) is 32.1 Å². The first kappa shape index (κ1) is 21.8. The lowest BCUT2D eigenvalue weighted by molar-refractivity contribution is -0.146. The molecule has 0 aliphatic heterocycles. The molecule has 4 bridgehead atoms. The van der Waals surface area contributed by atoms with Crippen molar-refractivity contribution in [1.82, 2.24) is 21.5 Å². The third-order valence-corrected chi connectivity index (χ3v) is 8.72. The lowest BCUT2D eigenvalue weighted by atomic mass is 9.49. The van der Waals surface area contributed by atoms with Crippen LogP contribution in [-0.2, 0) is 9.59 Å². The van der Waals surface area contributed by atoms with Crippen molar-refractivity contribution in [2.75, 3.05) is 6.54 Å². The zero-order valence-corrected chi connectivity index (χ0v) is 19.3. The van der Waals surface area contributed by atoms with Gasteiger partial charge in [-0.25, -0.2) is 0 Å². The maximum Gasteiger partial charge on any atom is 0.240 e. The highest BCUT2D eigenvalue weighted by Crippen LogP contribution is 2.60. The van der Waals surface area contributed by atoms with Gasteiger partial charge in [0.25, 0.3) is 0 Å². The number of hydrogen-bond donors (Lipinski definition) is 4. The maximum atomic E-state index is 12.9. The van der Waals surface area contributed by atoms with E-state index in [2.05, 4.69) is 35.3 Å². The normalized spacial score (nSPS) is 39.3. The molecule has 168 valence electrons. The molecule has 0 unspecified atom stereocenters. The van der Waals surface area contributed by atoms with Gasteiger partial charge in [-0.3, -0.25) is 20.4 Å². The molecule has 5 rings (SSSR count). The van der Waals surface area contributed by atoms with Crippen molar-refractivity contribution in [2.24, 2.45) is 35.0 Å². The number of rotatable bonds is 5. The van der Waals surface area contributed by atoms with Crippen molar-refractivity contribution in [1.29, 1.82) is 0 Å². The van der Waals surface area contributed by atoms with Crippen LogP contribution in [0, 0.1) is 35.0 Å². The minimum atomic E-state index is -0.157. The number of carbonyl (C=O) groups excluding carboxylic acids is 2. The van der Waals surface area contributed by atoms with E-state index in [1.807, 2.05) is 0 Å². The molecule has 7 heteroatoms. The second-order valence-corrected chi connectivity index (χ2v) is 11.1. The first-order valence-corrected chi connectivity index (χ1v) is 12.4. The quantitative estimate of drug-likeness (QED) is 0.395. The molecule has 0 aromatic rings. The molecule has 5 aliphatic rings. The third kappa shape index (κ3) is 4.76. The molecule has 5 aliphatic carbocycles. The second kappa shape index (κ2) is 9.01. The summed E-state index contributed by atoms with van der Waals surface area (Å²) in [7, 11) is 0. The Kier molecular flexibility index (Phi) is 6.56. The SMILES string of the molecule is C[C@@H]1[C@H](C)CCC[C@H]1NC(=S)NNC(=O)CCNC(=O)C12CC3CC(CC(C3)C1)C2. The molecule has 0 spiro atoms. The molecular weight excluding hydrogens is 396 g/mol. The van der Waals surface area contributed by atoms with Gasteiger partial charge in [-0.15, -0.1) is 0 Å². The van der Waals surface area contributed by atoms with Crippen LogP contribution in [0.4, 0.5) is 0 Å². The van der Waals surface area contributed by atoms with Crippen LogP contribution in [0.1, 0.15) is 78.1 Å². The lowest BCUT2D eigenvalue weighted by Gasteiger charge is -2.55. The topological polar surface area (TPSA) is 82.3 Å². The van der Waals surface area contributed by atoms with E-state index in [4.69, 9.17) is 12.2 Å². The Morgan fingerprint density at radius 1 is 0.967 bits per heavy atom.